The Bertz CT molecular complexity index is 4770. The Balaban J connectivity index is 1.01. The molecule has 16 rings (SSSR count). The molecule has 84 heavy (non-hydrogen) atoms. The average Bonchev–Trinajstić information content (AvgIpc) is 4.48. The highest BCUT2D eigenvalue weighted by Crippen LogP contribution is 2.43. The molecule has 8 nitrogen and oxygen atoms in total. The second-order valence-corrected chi connectivity index (χ2v) is 21.5. The molecule has 10 aromatic rings. The lowest BCUT2D eigenvalue weighted by Gasteiger charge is -2.25. The lowest BCUT2D eigenvalue weighted by atomic mass is 9.86. The summed E-state index contributed by atoms with van der Waals surface area (Å²) >= 11 is 0. The maximum atomic E-state index is 5.82. The van der Waals surface area contributed by atoms with Gasteiger partial charge in [-0.15, -0.1) is 0 Å². The Morgan fingerprint density at radius 2 is 0.714 bits per heavy atom. The van der Waals surface area contributed by atoms with E-state index in [1.54, 1.807) is 0 Å². The molecule has 0 spiro atoms. The molecular formula is C76H52N8. The number of nitrogens with zero attached hydrogens (tertiary/aromatic N) is 4. The molecule has 4 aromatic heterocycles. The topological polar surface area (TPSA) is 110 Å². The van der Waals surface area contributed by atoms with Crippen molar-refractivity contribution in [3.63, 3.8) is 0 Å². The number of allylic oxidation sites excluding steroid dienone is 6. The Kier molecular flexibility index (Phi) is 11.8. The van der Waals surface area contributed by atoms with Crippen molar-refractivity contribution in [2.75, 3.05) is 0 Å². The zero-order valence-corrected chi connectivity index (χ0v) is 45.5. The van der Waals surface area contributed by atoms with Crippen LogP contribution in [0.5, 0.6) is 0 Å². The van der Waals surface area contributed by atoms with Gasteiger partial charge in [-0.25, -0.2) is 15.0 Å². The van der Waals surface area contributed by atoms with Crippen LogP contribution < -0.4 is 5.32 Å². The van der Waals surface area contributed by atoms with Gasteiger partial charge < -0.3 is 20.3 Å². The van der Waals surface area contributed by atoms with Crippen LogP contribution in [0.4, 0.5) is 0 Å². The van der Waals surface area contributed by atoms with Crippen molar-refractivity contribution < 1.29 is 0 Å². The molecule has 2 unspecified atom stereocenters. The third-order valence-electron chi connectivity index (χ3n) is 16.5. The second-order valence-electron chi connectivity index (χ2n) is 21.5. The summed E-state index contributed by atoms with van der Waals surface area (Å²) in [7, 11) is 0. The van der Waals surface area contributed by atoms with Crippen molar-refractivity contribution in [2.45, 2.75) is 12.0 Å². The minimum Gasteiger partial charge on any atom is -0.377 e. The molecule has 0 aliphatic carbocycles. The largest absolute Gasteiger partial charge is 0.377 e. The predicted molar refractivity (Wildman–Crippen MR) is 346 cm³/mol. The molecule has 0 fully saturated rings. The van der Waals surface area contributed by atoms with Crippen LogP contribution in [-0.4, -0.2) is 42.4 Å². The Morgan fingerprint density at radius 3 is 1.21 bits per heavy atom. The van der Waals surface area contributed by atoms with Crippen LogP contribution >= 0.6 is 0 Å². The maximum absolute atomic E-state index is 5.82. The van der Waals surface area contributed by atoms with Crippen molar-refractivity contribution in [3.8, 4) is 33.4 Å². The van der Waals surface area contributed by atoms with E-state index >= 15 is 0 Å². The van der Waals surface area contributed by atoms with Crippen LogP contribution in [-0.2, 0) is 0 Å². The number of aliphatic imine (C=N–C) groups is 2. The molecular weight excluding hydrogens is 1020 g/mol. The van der Waals surface area contributed by atoms with E-state index in [1.807, 2.05) is 0 Å². The summed E-state index contributed by atoms with van der Waals surface area (Å²) in [5.74, 6) is -0.410. The van der Waals surface area contributed by atoms with Crippen molar-refractivity contribution in [2.24, 2.45) is 9.98 Å². The maximum Gasteiger partial charge on any atom is 0.0737 e. The average molecular weight is 1080 g/mol. The number of hydrogen-bond acceptors (Lipinski definition) is 5. The van der Waals surface area contributed by atoms with E-state index in [4.69, 9.17) is 20.0 Å². The van der Waals surface area contributed by atoms with Gasteiger partial charge in [0.15, 0.2) is 0 Å². The van der Waals surface area contributed by atoms with Crippen molar-refractivity contribution in [3.05, 3.63) is 328 Å². The molecule has 0 saturated heterocycles. The number of aromatic nitrogens is 5. The summed E-state index contributed by atoms with van der Waals surface area (Å²) in [5.41, 5.74) is 26.8. The van der Waals surface area contributed by atoms with Gasteiger partial charge in [0.25, 0.3) is 0 Å². The fourth-order valence-corrected chi connectivity index (χ4v) is 12.8. The number of rotatable bonds is 7. The van der Waals surface area contributed by atoms with Gasteiger partial charge in [0.2, 0.25) is 0 Å². The van der Waals surface area contributed by atoms with Crippen LogP contribution in [0.1, 0.15) is 62.3 Å². The van der Waals surface area contributed by atoms with E-state index in [0.29, 0.717) is 0 Å². The van der Waals surface area contributed by atoms with Gasteiger partial charge in [0.1, 0.15) is 0 Å². The SMILES string of the molecule is C1=C/C2=C(\c3ccccc3)c3ccc([nH]3)/C(c3ccccc3)=C3/C=CC(=N3)C(c3c4nc(c(-c5ccccc5)c5ccc([nH]5)c(-c5ccccc5)c5nc(c(-c6ccccc6)c6ccc3[nH]6)C=C5)C=C4)C3C=C/C(=C(\c4ccccc4)C1=N2)N3. The third kappa shape index (κ3) is 8.55. The summed E-state index contributed by atoms with van der Waals surface area (Å²) < 4.78 is 0. The first-order valence-electron chi connectivity index (χ1n) is 28.5. The first kappa shape index (κ1) is 48.7. The van der Waals surface area contributed by atoms with Gasteiger partial charge in [-0.1, -0.05) is 188 Å². The fraction of sp³-hybridized carbons (Fsp3) is 0.0263. The van der Waals surface area contributed by atoms with Crippen LogP contribution in [0.15, 0.2) is 282 Å². The van der Waals surface area contributed by atoms with Crippen LogP contribution in [0.25, 0.3) is 96.5 Å². The van der Waals surface area contributed by atoms with E-state index in [1.165, 1.54) is 0 Å². The second kappa shape index (κ2) is 20.4. The zero-order valence-electron chi connectivity index (χ0n) is 45.5. The lowest BCUT2D eigenvalue weighted by Crippen LogP contribution is -2.34. The highest BCUT2D eigenvalue weighted by molar-refractivity contribution is 6.32. The van der Waals surface area contributed by atoms with Gasteiger partial charge in [-0.3, -0.25) is 4.99 Å². The molecule has 4 N–H and O–H groups in total. The highest BCUT2D eigenvalue weighted by atomic mass is 15.0. The van der Waals surface area contributed by atoms with E-state index in [2.05, 4.69) is 299 Å². The van der Waals surface area contributed by atoms with Crippen LogP contribution in [0.2, 0.25) is 0 Å². The van der Waals surface area contributed by atoms with Gasteiger partial charge in [0, 0.05) is 78.1 Å². The van der Waals surface area contributed by atoms with Gasteiger partial charge in [-0.05, 0) is 124 Å². The normalized spacial score (nSPS) is 19.2. The fourth-order valence-electron chi connectivity index (χ4n) is 12.8. The molecule has 0 amide bonds. The van der Waals surface area contributed by atoms with E-state index in [-0.39, 0.29) is 6.04 Å². The van der Waals surface area contributed by atoms with Crippen molar-refractivity contribution >= 4 is 74.5 Å². The van der Waals surface area contributed by atoms with E-state index in [0.717, 1.165) is 157 Å². The number of hydrogen-bond donors (Lipinski definition) is 4. The molecule has 396 valence electrons. The first-order chi connectivity index (χ1) is 41.6. The Morgan fingerprint density at radius 1 is 0.310 bits per heavy atom. The number of aromatic amines is 3. The highest BCUT2D eigenvalue weighted by Gasteiger charge is 2.36. The van der Waals surface area contributed by atoms with E-state index < -0.39 is 5.92 Å². The lowest BCUT2D eigenvalue weighted by molar-refractivity contribution is 0.666. The van der Waals surface area contributed by atoms with E-state index in [9.17, 15) is 0 Å². The van der Waals surface area contributed by atoms with Gasteiger partial charge >= 0.3 is 0 Å². The minimum absolute atomic E-state index is 0.313. The Labute approximate surface area is 485 Å². The molecule has 6 aliphatic rings. The molecule has 6 aromatic carbocycles. The quantitative estimate of drug-likeness (QED) is 0.128. The molecule has 8 heteroatoms. The molecule has 6 aliphatic heterocycles. The number of fused-ring (bicyclic) bond motifs is 14. The zero-order chi connectivity index (χ0) is 55.5. The molecule has 10 heterocycles. The van der Waals surface area contributed by atoms with Crippen LogP contribution in [0.3, 0.4) is 0 Å². The van der Waals surface area contributed by atoms with Gasteiger partial charge in [-0.2, -0.15) is 0 Å². The monoisotopic (exact) mass is 1080 g/mol. The summed E-state index contributed by atoms with van der Waals surface area (Å²) in [5, 5.41) is 4.14. The Hall–Kier alpha value is -11.2. The van der Waals surface area contributed by atoms with Crippen LogP contribution in [0, 0.1) is 0 Å². The molecule has 16 bridgehead atoms. The predicted octanol–water partition coefficient (Wildman–Crippen LogP) is 17.3. The minimum atomic E-state index is -0.410. The number of nitrogens with one attached hydrogen (secondary N) is 4. The third-order valence-corrected chi connectivity index (χ3v) is 16.5. The summed E-state index contributed by atoms with van der Waals surface area (Å²) in [6, 6.07) is 76.3. The van der Waals surface area contributed by atoms with Gasteiger partial charge in [0.05, 0.1) is 57.6 Å². The summed E-state index contributed by atoms with van der Waals surface area (Å²) in [6.45, 7) is 0. The number of benzene rings is 6. The standard InChI is InChI=1S/C76H52N8/c1-7-19-47(20-8-1)69-53-31-35-57(77-53)71(49-23-11-3-12-24-49)61-39-43-65(81-61)75(66-44-40-62(82-66)72(50-25-13-4-14-26-50)58-36-32-54(69)78-58)76-67-45-41-63(83-67)73(51-27-15-5-16-28-51)59-37-33-55(79-59)70(48-21-9-2-10-22-48)56-34-38-60(80-56)74(52-29-17-6-18-30-52)64-42-46-68(76)84-64/h1-46,65,75,78-79,81,84H/b69-53-,70-55?,70-56?,71-61-,72-62-,73-59?,73-63?,74-60?,74-64?,76-67?,76-68?. The molecule has 2 atom stereocenters. The molecule has 0 saturated carbocycles. The smallest absolute Gasteiger partial charge is 0.0737 e. The molecule has 0 radical (unpaired) electrons. The van der Waals surface area contributed by atoms with Crippen molar-refractivity contribution in [1.82, 2.24) is 30.2 Å². The number of H-pyrrole nitrogens is 3. The summed E-state index contributed by atoms with van der Waals surface area (Å²) in [6.07, 6.45) is 21.9. The first-order valence-corrected chi connectivity index (χ1v) is 28.5. The van der Waals surface area contributed by atoms with Crippen molar-refractivity contribution in [1.29, 1.82) is 0 Å². The summed E-state index contributed by atoms with van der Waals surface area (Å²) in [4.78, 5) is 34.6.